The van der Waals surface area contributed by atoms with Crippen LogP contribution in [-0.4, -0.2) is 22.2 Å². The van der Waals surface area contributed by atoms with Crippen molar-refractivity contribution in [2.24, 2.45) is 11.8 Å². The lowest BCUT2D eigenvalue weighted by atomic mass is 9.85. The van der Waals surface area contributed by atoms with Gasteiger partial charge in [-0.1, -0.05) is 24.3 Å². The number of nitrogens with one attached hydrogen (secondary N) is 1. The second kappa shape index (κ2) is 4.57. The molecule has 1 aromatic rings. The lowest BCUT2D eigenvalue weighted by Crippen LogP contribution is -2.58. The third-order valence-corrected chi connectivity index (χ3v) is 5.60. The molecule has 1 fully saturated rings. The number of aliphatic hydroxyl groups is 1. The Morgan fingerprint density at radius 1 is 1.24 bits per heavy atom. The van der Waals surface area contributed by atoms with Gasteiger partial charge in [-0.15, -0.1) is 0 Å². The number of benzene rings is 1. The number of carbonyl (C=O) groups is 1. The summed E-state index contributed by atoms with van der Waals surface area (Å²) in [5.41, 5.74) is 1.18. The third-order valence-electron chi connectivity index (χ3n) is 5.60. The zero-order chi connectivity index (χ0) is 15.4. The van der Waals surface area contributed by atoms with E-state index >= 15 is 0 Å². The van der Waals surface area contributed by atoms with Gasteiger partial charge in [-0.05, 0) is 63.5 Å². The maximum Gasteiger partial charge on any atom is 0.224 e. The van der Waals surface area contributed by atoms with E-state index in [0.717, 1.165) is 12.8 Å². The number of hydrogen-bond acceptors (Lipinski definition) is 2. The van der Waals surface area contributed by atoms with E-state index in [9.17, 15) is 9.90 Å². The Labute approximate surface area is 126 Å². The molecule has 1 amide bonds. The first-order valence-electron chi connectivity index (χ1n) is 7.84. The fourth-order valence-electron chi connectivity index (χ4n) is 3.47. The Balaban J connectivity index is 1.75. The van der Waals surface area contributed by atoms with Crippen LogP contribution in [-0.2, 0) is 11.2 Å². The number of aryl methyl sites for hydroxylation is 1. The van der Waals surface area contributed by atoms with Gasteiger partial charge in [0.25, 0.3) is 0 Å². The van der Waals surface area contributed by atoms with Crippen molar-refractivity contribution in [3.63, 3.8) is 0 Å². The average Bonchev–Trinajstić information content (AvgIpc) is 3.11. The molecular weight excluding hydrogens is 262 g/mol. The van der Waals surface area contributed by atoms with Crippen LogP contribution in [0.25, 0.3) is 0 Å². The highest BCUT2D eigenvalue weighted by Crippen LogP contribution is 2.59. The van der Waals surface area contributed by atoms with Crippen molar-refractivity contribution in [2.45, 2.75) is 57.6 Å². The molecule has 2 N–H and O–H groups in total. The molecular formula is C18H25NO2. The van der Waals surface area contributed by atoms with Gasteiger partial charge in [-0.3, -0.25) is 4.79 Å². The first-order valence-corrected chi connectivity index (χ1v) is 7.84. The van der Waals surface area contributed by atoms with E-state index in [1.807, 2.05) is 13.8 Å². The molecule has 0 aliphatic heterocycles. The second-order valence-electron chi connectivity index (χ2n) is 7.63. The highest BCUT2D eigenvalue weighted by atomic mass is 16.3. The van der Waals surface area contributed by atoms with Crippen LogP contribution >= 0.6 is 0 Å². The molecule has 0 saturated heterocycles. The van der Waals surface area contributed by atoms with Crippen molar-refractivity contribution in [3.05, 3.63) is 35.4 Å². The molecule has 2 aliphatic rings. The molecule has 0 heterocycles. The molecule has 1 aromatic carbocycles. The van der Waals surface area contributed by atoms with E-state index in [1.165, 1.54) is 11.1 Å². The zero-order valence-corrected chi connectivity index (χ0v) is 13.3. The maximum atomic E-state index is 12.6. The number of amides is 1. The summed E-state index contributed by atoms with van der Waals surface area (Å²) in [6.07, 6.45) is 2.18. The molecule has 21 heavy (non-hydrogen) atoms. The summed E-state index contributed by atoms with van der Waals surface area (Å²) >= 11 is 0. The van der Waals surface area contributed by atoms with Crippen LogP contribution in [0.15, 0.2) is 24.3 Å². The summed E-state index contributed by atoms with van der Waals surface area (Å²) in [7, 11) is 0. The second-order valence-corrected chi connectivity index (χ2v) is 7.63. The van der Waals surface area contributed by atoms with Crippen molar-refractivity contribution in [1.29, 1.82) is 0 Å². The summed E-state index contributed by atoms with van der Waals surface area (Å²) in [5, 5.41) is 13.3. The lowest BCUT2D eigenvalue weighted by Gasteiger charge is -2.38. The van der Waals surface area contributed by atoms with Crippen molar-refractivity contribution in [2.75, 3.05) is 0 Å². The van der Waals surface area contributed by atoms with Gasteiger partial charge in [0.15, 0.2) is 0 Å². The fourth-order valence-corrected chi connectivity index (χ4v) is 3.47. The van der Waals surface area contributed by atoms with Gasteiger partial charge in [0.05, 0.1) is 11.1 Å². The van der Waals surface area contributed by atoms with Crippen molar-refractivity contribution in [3.8, 4) is 0 Å². The van der Waals surface area contributed by atoms with Gasteiger partial charge >= 0.3 is 0 Å². The Bertz CT molecular complexity index is 571. The van der Waals surface area contributed by atoms with Gasteiger partial charge in [0, 0.05) is 5.92 Å². The maximum absolute atomic E-state index is 12.6. The number of hydrogen-bond donors (Lipinski definition) is 2. The summed E-state index contributed by atoms with van der Waals surface area (Å²) in [5.74, 6) is 1.04. The smallest absolute Gasteiger partial charge is 0.224 e. The van der Waals surface area contributed by atoms with E-state index in [1.54, 1.807) is 13.8 Å². The van der Waals surface area contributed by atoms with Crippen LogP contribution in [0.2, 0.25) is 0 Å². The Morgan fingerprint density at radius 2 is 1.90 bits per heavy atom. The molecule has 0 bridgehead atoms. The van der Waals surface area contributed by atoms with Gasteiger partial charge in [0.2, 0.25) is 5.91 Å². The number of carbonyl (C=O) groups excluding carboxylic acids is 1. The molecule has 3 heteroatoms. The minimum atomic E-state index is -0.944. The molecule has 0 aromatic heterocycles. The molecule has 0 radical (unpaired) electrons. The first kappa shape index (κ1) is 14.6. The van der Waals surface area contributed by atoms with Gasteiger partial charge in [0.1, 0.15) is 0 Å². The molecule has 3 unspecified atom stereocenters. The largest absolute Gasteiger partial charge is 0.388 e. The Kier molecular flexibility index (Phi) is 3.17. The standard InChI is InChI=1S/C18H25NO2/c1-17(2,18(3,4)21)19-16(20)15-13-10-9-11-7-5-6-8-12(11)14(13)15/h5-8,13-15,21H,9-10H2,1-4H3,(H,19,20). The van der Waals surface area contributed by atoms with Crippen molar-refractivity contribution >= 4 is 5.91 Å². The summed E-state index contributed by atoms with van der Waals surface area (Å²) < 4.78 is 0. The van der Waals surface area contributed by atoms with E-state index in [-0.39, 0.29) is 11.8 Å². The van der Waals surface area contributed by atoms with Crippen LogP contribution in [0, 0.1) is 11.8 Å². The van der Waals surface area contributed by atoms with E-state index < -0.39 is 11.1 Å². The van der Waals surface area contributed by atoms with Gasteiger partial charge < -0.3 is 10.4 Å². The lowest BCUT2D eigenvalue weighted by molar-refractivity contribution is -0.127. The van der Waals surface area contributed by atoms with Crippen LogP contribution in [0.4, 0.5) is 0 Å². The molecule has 3 rings (SSSR count). The van der Waals surface area contributed by atoms with Gasteiger partial charge in [-0.25, -0.2) is 0 Å². The summed E-state index contributed by atoms with van der Waals surface area (Å²) in [6, 6.07) is 8.49. The van der Waals surface area contributed by atoms with Gasteiger partial charge in [-0.2, -0.15) is 0 Å². The highest BCUT2D eigenvalue weighted by Gasteiger charge is 2.57. The van der Waals surface area contributed by atoms with E-state index in [2.05, 4.69) is 29.6 Å². The molecule has 3 atom stereocenters. The molecule has 114 valence electrons. The summed E-state index contributed by atoms with van der Waals surface area (Å²) in [4.78, 5) is 12.6. The molecule has 2 aliphatic carbocycles. The van der Waals surface area contributed by atoms with Crippen LogP contribution < -0.4 is 5.32 Å². The SMILES string of the molecule is CC(C)(O)C(C)(C)NC(=O)C1C2CCc3ccccc3C21. The quantitative estimate of drug-likeness (QED) is 0.898. The predicted molar refractivity (Wildman–Crippen MR) is 83.0 cm³/mol. The minimum absolute atomic E-state index is 0.0790. The Morgan fingerprint density at radius 3 is 2.57 bits per heavy atom. The molecule has 3 nitrogen and oxygen atoms in total. The number of rotatable bonds is 3. The first-order chi connectivity index (χ1) is 9.72. The third kappa shape index (κ3) is 2.38. The van der Waals surface area contributed by atoms with E-state index in [0.29, 0.717) is 11.8 Å². The summed E-state index contributed by atoms with van der Waals surface area (Å²) in [6.45, 7) is 7.24. The minimum Gasteiger partial charge on any atom is -0.388 e. The fraction of sp³-hybridized carbons (Fsp3) is 0.611. The number of fused-ring (bicyclic) bond motifs is 3. The van der Waals surface area contributed by atoms with Crippen molar-refractivity contribution < 1.29 is 9.90 Å². The predicted octanol–water partition coefficient (Wildman–Crippen LogP) is 2.63. The van der Waals surface area contributed by atoms with Crippen molar-refractivity contribution in [1.82, 2.24) is 5.32 Å². The molecule has 0 spiro atoms. The van der Waals surface area contributed by atoms with Crippen LogP contribution in [0.5, 0.6) is 0 Å². The Hall–Kier alpha value is -1.35. The van der Waals surface area contributed by atoms with Crippen LogP contribution in [0.3, 0.4) is 0 Å². The van der Waals surface area contributed by atoms with E-state index in [4.69, 9.17) is 0 Å². The molecule has 1 saturated carbocycles. The normalized spacial score (nSPS) is 27.6. The monoisotopic (exact) mass is 287 g/mol. The topological polar surface area (TPSA) is 49.3 Å². The van der Waals surface area contributed by atoms with Crippen LogP contribution in [0.1, 0.15) is 51.2 Å². The average molecular weight is 287 g/mol. The zero-order valence-electron chi connectivity index (χ0n) is 13.3. The highest BCUT2D eigenvalue weighted by molar-refractivity contribution is 5.84.